The zero-order valence-corrected chi connectivity index (χ0v) is 10.9. The van der Waals surface area contributed by atoms with Gasteiger partial charge in [-0.15, -0.1) is 0 Å². The van der Waals surface area contributed by atoms with Gasteiger partial charge in [-0.25, -0.2) is 0 Å². The molecule has 2 unspecified atom stereocenters. The maximum absolute atomic E-state index is 9.67. The van der Waals surface area contributed by atoms with Crippen molar-refractivity contribution in [2.45, 2.75) is 58.4 Å². The Kier molecular flexibility index (Phi) is 3.91. The van der Waals surface area contributed by atoms with Crippen LogP contribution in [0, 0.1) is 11.3 Å². The van der Waals surface area contributed by atoms with Crippen molar-refractivity contribution in [2.75, 3.05) is 19.7 Å². The van der Waals surface area contributed by atoms with Gasteiger partial charge < -0.3 is 5.11 Å². The first kappa shape index (κ1) is 12.4. The van der Waals surface area contributed by atoms with Crippen LogP contribution < -0.4 is 0 Å². The van der Waals surface area contributed by atoms with Crippen LogP contribution in [0.3, 0.4) is 0 Å². The van der Waals surface area contributed by atoms with E-state index < -0.39 is 0 Å². The van der Waals surface area contributed by atoms with Crippen molar-refractivity contribution < 1.29 is 5.11 Å². The molecule has 1 saturated carbocycles. The molecule has 1 aliphatic carbocycles. The van der Waals surface area contributed by atoms with E-state index in [0.29, 0.717) is 12.6 Å². The maximum Gasteiger partial charge on any atom is 0.0499 e. The molecule has 1 heterocycles. The van der Waals surface area contributed by atoms with Gasteiger partial charge in [-0.1, -0.05) is 19.8 Å². The number of nitrogens with zero attached hydrogens (tertiary/aromatic N) is 1. The van der Waals surface area contributed by atoms with Gasteiger partial charge in [0.05, 0.1) is 0 Å². The summed E-state index contributed by atoms with van der Waals surface area (Å²) in [4.78, 5) is 2.63. The highest BCUT2D eigenvalue weighted by atomic mass is 16.3. The maximum atomic E-state index is 9.67. The van der Waals surface area contributed by atoms with Gasteiger partial charge in [0.25, 0.3) is 0 Å². The SMILES string of the molecule is CC1CCCN(CC2(CO)CCCC2)C1C. The Labute approximate surface area is 100 Å². The molecule has 2 aliphatic rings. The number of aliphatic hydroxyl groups excluding tert-OH is 1. The summed E-state index contributed by atoms with van der Waals surface area (Å²) < 4.78 is 0. The van der Waals surface area contributed by atoms with E-state index in [1.54, 1.807) is 0 Å². The lowest BCUT2D eigenvalue weighted by molar-refractivity contribution is 0.0299. The highest BCUT2D eigenvalue weighted by Crippen LogP contribution is 2.39. The van der Waals surface area contributed by atoms with Crippen molar-refractivity contribution in [3.63, 3.8) is 0 Å². The first-order valence-corrected chi connectivity index (χ1v) is 7.02. The summed E-state index contributed by atoms with van der Waals surface area (Å²) in [5.74, 6) is 0.825. The molecule has 0 aromatic heterocycles. The second-order valence-electron chi connectivity index (χ2n) is 6.20. The number of piperidine rings is 1. The van der Waals surface area contributed by atoms with Gasteiger partial charge in [-0.05, 0) is 45.1 Å². The van der Waals surface area contributed by atoms with E-state index in [9.17, 15) is 5.11 Å². The fourth-order valence-corrected chi connectivity index (χ4v) is 3.57. The number of hydrogen-bond acceptors (Lipinski definition) is 2. The zero-order chi connectivity index (χ0) is 11.6. The normalized spacial score (nSPS) is 35.4. The Bertz CT molecular complexity index is 223. The molecule has 1 aliphatic heterocycles. The number of rotatable bonds is 3. The molecule has 1 saturated heterocycles. The zero-order valence-electron chi connectivity index (χ0n) is 10.9. The fourth-order valence-electron chi connectivity index (χ4n) is 3.57. The second kappa shape index (κ2) is 5.05. The van der Waals surface area contributed by atoms with Crippen molar-refractivity contribution in [2.24, 2.45) is 11.3 Å². The van der Waals surface area contributed by atoms with E-state index in [0.717, 1.165) is 12.5 Å². The summed E-state index contributed by atoms with van der Waals surface area (Å²) in [6.07, 6.45) is 7.83. The minimum atomic E-state index is 0.241. The lowest BCUT2D eigenvalue weighted by Gasteiger charge is -2.42. The average molecular weight is 225 g/mol. The quantitative estimate of drug-likeness (QED) is 0.798. The van der Waals surface area contributed by atoms with E-state index >= 15 is 0 Å². The lowest BCUT2D eigenvalue weighted by Crippen LogP contribution is -2.48. The molecular formula is C14H27NO. The van der Waals surface area contributed by atoms with Gasteiger partial charge in [0, 0.05) is 24.6 Å². The van der Waals surface area contributed by atoms with E-state index in [2.05, 4.69) is 18.7 Å². The molecule has 0 amide bonds. The van der Waals surface area contributed by atoms with Crippen LogP contribution in [0.15, 0.2) is 0 Å². The number of likely N-dealkylation sites (tertiary alicyclic amines) is 1. The van der Waals surface area contributed by atoms with Gasteiger partial charge in [0.1, 0.15) is 0 Å². The third-order valence-electron chi connectivity index (χ3n) is 5.04. The van der Waals surface area contributed by atoms with E-state index in [1.165, 1.54) is 45.1 Å². The molecule has 0 radical (unpaired) electrons. The minimum absolute atomic E-state index is 0.241. The highest BCUT2D eigenvalue weighted by molar-refractivity contribution is 4.90. The summed E-state index contributed by atoms with van der Waals surface area (Å²) in [5.41, 5.74) is 0.241. The summed E-state index contributed by atoms with van der Waals surface area (Å²) >= 11 is 0. The molecule has 2 heteroatoms. The van der Waals surface area contributed by atoms with Gasteiger partial charge in [-0.2, -0.15) is 0 Å². The minimum Gasteiger partial charge on any atom is -0.396 e. The van der Waals surface area contributed by atoms with Crippen molar-refractivity contribution in [3.05, 3.63) is 0 Å². The first-order valence-electron chi connectivity index (χ1n) is 7.02. The van der Waals surface area contributed by atoms with Gasteiger partial charge in [0.15, 0.2) is 0 Å². The van der Waals surface area contributed by atoms with Crippen LogP contribution in [0.1, 0.15) is 52.4 Å². The Hall–Kier alpha value is -0.0800. The van der Waals surface area contributed by atoms with E-state index in [-0.39, 0.29) is 5.41 Å². The topological polar surface area (TPSA) is 23.5 Å². The summed E-state index contributed by atoms with van der Waals surface area (Å²) in [6, 6.07) is 0.706. The monoisotopic (exact) mass is 225 g/mol. The van der Waals surface area contributed by atoms with Crippen LogP contribution in [0.5, 0.6) is 0 Å². The van der Waals surface area contributed by atoms with Crippen molar-refractivity contribution in [3.8, 4) is 0 Å². The van der Waals surface area contributed by atoms with Crippen molar-refractivity contribution in [1.29, 1.82) is 0 Å². The van der Waals surface area contributed by atoms with Crippen LogP contribution in [-0.4, -0.2) is 35.7 Å². The molecule has 2 nitrogen and oxygen atoms in total. The summed E-state index contributed by atoms with van der Waals surface area (Å²) in [6.45, 7) is 7.51. The Balaban J connectivity index is 1.96. The Morgan fingerprint density at radius 2 is 1.88 bits per heavy atom. The van der Waals surface area contributed by atoms with Crippen molar-refractivity contribution >= 4 is 0 Å². The van der Waals surface area contributed by atoms with Crippen molar-refractivity contribution in [1.82, 2.24) is 4.90 Å². The molecule has 2 atom stereocenters. The first-order chi connectivity index (χ1) is 7.67. The molecule has 94 valence electrons. The Morgan fingerprint density at radius 3 is 2.50 bits per heavy atom. The van der Waals surface area contributed by atoms with E-state index in [1.807, 2.05) is 0 Å². The molecule has 1 N–H and O–H groups in total. The lowest BCUT2D eigenvalue weighted by atomic mass is 9.83. The number of hydrogen-bond donors (Lipinski definition) is 1. The molecule has 2 fully saturated rings. The predicted octanol–water partition coefficient (Wildman–Crippen LogP) is 2.66. The van der Waals surface area contributed by atoms with Crippen LogP contribution in [0.4, 0.5) is 0 Å². The standard InChI is InChI=1S/C14H27NO/c1-12-6-5-9-15(13(12)2)10-14(11-16)7-3-4-8-14/h12-13,16H,3-11H2,1-2H3. The average Bonchev–Trinajstić information content (AvgIpc) is 2.74. The van der Waals surface area contributed by atoms with Gasteiger partial charge >= 0.3 is 0 Å². The third kappa shape index (κ3) is 2.43. The van der Waals surface area contributed by atoms with E-state index in [4.69, 9.17) is 0 Å². The second-order valence-corrected chi connectivity index (χ2v) is 6.20. The third-order valence-corrected chi connectivity index (χ3v) is 5.04. The van der Waals surface area contributed by atoms with Gasteiger partial charge in [-0.3, -0.25) is 4.90 Å². The van der Waals surface area contributed by atoms with Crippen LogP contribution in [0.2, 0.25) is 0 Å². The highest BCUT2D eigenvalue weighted by Gasteiger charge is 2.37. The molecule has 16 heavy (non-hydrogen) atoms. The molecule has 0 bridgehead atoms. The van der Waals surface area contributed by atoms with Gasteiger partial charge in [0.2, 0.25) is 0 Å². The van der Waals surface area contributed by atoms with Crippen LogP contribution >= 0.6 is 0 Å². The molecule has 0 aromatic rings. The summed E-state index contributed by atoms with van der Waals surface area (Å²) in [7, 11) is 0. The van der Waals surface area contributed by atoms with Crippen LogP contribution in [-0.2, 0) is 0 Å². The molecular weight excluding hydrogens is 198 g/mol. The summed E-state index contributed by atoms with van der Waals surface area (Å²) in [5, 5.41) is 9.67. The molecule has 2 rings (SSSR count). The molecule has 0 spiro atoms. The smallest absolute Gasteiger partial charge is 0.0499 e. The predicted molar refractivity (Wildman–Crippen MR) is 67.4 cm³/mol. The largest absolute Gasteiger partial charge is 0.396 e. The Morgan fingerprint density at radius 1 is 1.19 bits per heavy atom. The van der Waals surface area contributed by atoms with Crippen LogP contribution in [0.25, 0.3) is 0 Å². The fraction of sp³-hybridized carbons (Fsp3) is 1.00. The molecule has 0 aromatic carbocycles. The number of aliphatic hydroxyl groups is 1.